The van der Waals surface area contributed by atoms with Crippen molar-refractivity contribution >= 4 is 39.4 Å². The summed E-state index contributed by atoms with van der Waals surface area (Å²) in [5, 5.41) is 10.3. The Morgan fingerprint density at radius 1 is 1.18 bits per heavy atom. The van der Waals surface area contributed by atoms with Crippen LogP contribution in [0.15, 0.2) is 18.2 Å². The van der Waals surface area contributed by atoms with E-state index < -0.39 is 70.4 Å². The molecule has 220 valence electrons. The lowest BCUT2D eigenvalue weighted by Crippen LogP contribution is -2.42. The summed E-state index contributed by atoms with van der Waals surface area (Å²) in [5.74, 6) is -2.92. The molecule has 14 heteroatoms. The van der Waals surface area contributed by atoms with Gasteiger partial charge in [-0.25, -0.2) is 18.2 Å². The molecule has 2 heterocycles. The van der Waals surface area contributed by atoms with Gasteiger partial charge >= 0.3 is 22.3 Å². The highest BCUT2D eigenvalue weighted by Crippen LogP contribution is 2.40. The molecule has 0 radical (unpaired) electrons. The highest BCUT2D eigenvalue weighted by molar-refractivity contribution is 7.92. The van der Waals surface area contributed by atoms with E-state index in [-0.39, 0.29) is 18.0 Å². The highest BCUT2D eigenvalue weighted by Gasteiger charge is 2.39. The second-order valence-electron chi connectivity index (χ2n) is 10.8. The molecule has 0 aromatic heterocycles. The number of nitrogens with two attached hydrogens (primary N) is 1. The van der Waals surface area contributed by atoms with Gasteiger partial charge in [-0.15, -0.1) is 0 Å². The van der Waals surface area contributed by atoms with Gasteiger partial charge in [0.2, 0.25) is 6.29 Å². The Bertz CT molecular complexity index is 1310. The van der Waals surface area contributed by atoms with Gasteiger partial charge in [0.05, 0.1) is 12.6 Å². The monoisotopic (exact) mass is 582 g/mol. The smallest absolute Gasteiger partial charge is 0.413 e. The molecule has 1 aliphatic carbocycles. The number of aromatic hydroxyl groups is 1. The van der Waals surface area contributed by atoms with Gasteiger partial charge in [0.1, 0.15) is 24.0 Å². The number of hydrogen-bond donors (Lipinski definition) is 3. The number of esters is 1. The van der Waals surface area contributed by atoms with E-state index in [1.54, 1.807) is 24.6 Å². The Kier molecular flexibility index (Phi) is 8.59. The first-order chi connectivity index (χ1) is 18.8. The highest BCUT2D eigenvalue weighted by atomic mass is 32.2. The van der Waals surface area contributed by atoms with E-state index in [2.05, 4.69) is 0 Å². The number of rotatable bonds is 9. The minimum atomic E-state index is -4.38. The van der Waals surface area contributed by atoms with Crippen LogP contribution in [0.25, 0.3) is 5.57 Å². The number of halogens is 1. The van der Waals surface area contributed by atoms with Gasteiger partial charge in [-0.1, -0.05) is 39.2 Å². The van der Waals surface area contributed by atoms with Crippen LogP contribution in [0.4, 0.5) is 14.9 Å². The third kappa shape index (κ3) is 6.17. The lowest BCUT2D eigenvalue weighted by Gasteiger charge is -2.30. The first-order valence-corrected chi connectivity index (χ1v) is 14.7. The molecule has 2 amide bonds. The molecule has 2 aliphatic heterocycles. The zero-order valence-electron chi connectivity index (χ0n) is 22.6. The number of anilines is 1. The van der Waals surface area contributed by atoms with Gasteiger partial charge in [-0.05, 0) is 42.4 Å². The summed E-state index contributed by atoms with van der Waals surface area (Å²) in [7, 11) is -4.38. The number of phenols is 1. The van der Waals surface area contributed by atoms with Crippen LogP contribution in [-0.4, -0.2) is 67.9 Å². The second kappa shape index (κ2) is 11.6. The van der Waals surface area contributed by atoms with Crippen molar-refractivity contribution in [2.75, 3.05) is 17.4 Å². The molecule has 1 unspecified atom stereocenters. The van der Waals surface area contributed by atoms with Gasteiger partial charge in [-0.2, -0.15) is 8.42 Å². The summed E-state index contributed by atoms with van der Waals surface area (Å²) in [6, 6.07) is 1.08. The second-order valence-corrected chi connectivity index (χ2v) is 12.3. The average Bonchev–Trinajstić information content (AvgIpc) is 3.36. The Balaban J connectivity index is 1.56. The van der Waals surface area contributed by atoms with Gasteiger partial charge in [0.15, 0.2) is 5.82 Å². The fourth-order valence-corrected chi connectivity index (χ4v) is 6.07. The van der Waals surface area contributed by atoms with Crippen LogP contribution in [0.3, 0.4) is 0 Å². The number of nitrogens with zero attached hydrogens (tertiary/aromatic N) is 2. The number of hydrogen-bond acceptors (Lipinski definition) is 9. The van der Waals surface area contributed by atoms with E-state index in [1.807, 2.05) is 0 Å². The number of benzene rings is 1. The molecule has 1 aromatic carbocycles. The molecule has 4 rings (SSSR count). The van der Waals surface area contributed by atoms with Crippen molar-refractivity contribution in [3.05, 3.63) is 29.6 Å². The van der Waals surface area contributed by atoms with Crippen LogP contribution in [-0.2, 0) is 29.3 Å². The average molecular weight is 583 g/mol. The molecule has 40 heavy (non-hydrogen) atoms. The first-order valence-electron chi connectivity index (χ1n) is 13.3. The molecule has 3 atom stereocenters. The molecular weight excluding hydrogens is 547 g/mol. The fourth-order valence-electron chi connectivity index (χ4n) is 4.91. The molecule has 1 saturated heterocycles. The predicted octanol–water partition coefficient (Wildman–Crippen LogP) is 2.37. The summed E-state index contributed by atoms with van der Waals surface area (Å²) in [4.78, 5) is 38.5. The number of carbonyl (C=O) groups is 3. The van der Waals surface area contributed by atoms with Crippen molar-refractivity contribution in [2.45, 2.75) is 71.2 Å². The molecule has 2 fully saturated rings. The van der Waals surface area contributed by atoms with Gasteiger partial charge < -0.3 is 20.3 Å². The number of ether oxygens (including phenoxy) is 2. The lowest BCUT2D eigenvalue weighted by molar-refractivity contribution is -0.168. The maximum Gasteiger partial charge on any atom is 0.413 e. The number of phenolic OH excluding ortho intramolecular Hbond substituents is 1. The zero-order chi connectivity index (χ0) is 29.4. The fraction of sp³-hybridized carbons (Fsp3) is 0.577. The van der Waals surface area contributed by atoms with Crippen molar-refractivity contribution in [1.82, 2.24) is 9.62 Å². The molecule has 12 nitrogen and oxygen atoms in total. The summed E-state index contributed by atoms with van der Waals surface area (Å²) < 4.78 is 53.2. The van der Waals surface area contributed by atoms with E-state index in [0.717, 1.165) is 31.7 Å². The molecule has 0 spiro atoms. The molecule has 1 aromatic rings. The Morgan fingerprint density at radius 3 is 2.45 bits per heavy atom. The minimum absolute atomic E-state index is 0.0336. The summed E-state index contributed by atoms with van der Waals surface area (Å²) in [6.45, 7) is 4.15. The number of amides is 2. The maximum atomic E-state index is 15.8. The largest absolute Gasteiger partial charge is 0.506 e. The lowest BCUT2D eigenvalue weighted by atomic mass is 9.81. The van der Waals surface area contributed by atoms with E-state index in [0.29, 0.717) is 22.2 Å². The Morgan fingerprint density at radius 2 is 1.88 bits per heavy atom. The molecule has 1 saturated carbocycles. The van der Waals surface area contributed by atoms with Gasteiger partial charge in [0.25, 0.3) is 5.91 Å². The van der Waals surface area contributed by atoms with Crippen molar-refractivity contribution in [1.29, 1.82) is 0 Å². The van der Waals surface area contributed by atoms with Gasteiger partial charge in [0, 0.05) is 12.5 Å². The van der Waals surface area contributed by atoms with Crippen LogP contribution in [0.5, 0.6) is 5.75 Å². The summed E-state index contributed by atoms with van der Waals surface area (Å²) >= 11 is 0. The SMILES string of the molecule is CC(OC(=O)[C@H](N)C(C)C)OC(=O)N1CC(c2ccc(O)c(N3CC(=O)NS3(=O)=O)c2F)=C[C@H]1CCC1CCC1. The molecule has 3 aliphatic rings. The standard InChI is InChI=1S/C26H35FN4O8S/c1-14(2)23(28)25(34)38-15(3)39-26(35)30-12-17(11-18(30)8-7-16-5-4-6-16)19-9-10-20(32)24(22(19)27)31-13-21(33)29-40(31,36)37/h9-11,14-16,18,23,32H,4-8,12-13,28H2,1-3H3,(H,29,33)/t15?,18-,23-/m1/s1. The third-order valence-electron chi connectivity index (χ3n) is 7.51. The quantitative estimate of drug-likeness (QED) is 0.292. The first kappa shape index (κ1) is 29.6. The van der Waals surface area contributed by atoms with Crippen molar-refractivity contribution in [2.24, 2.45) is 17.6 Å². The van der Waals surface area contributed by atoms with E-state index in [9.17, 15) is 27.9 Å². The normalized spacial score (nSPS) is 22.0. The van der Waals surface area contributed by atoms with E-state index in [1.165, 1.54) is 17.9 Å². The zero-order valence-corrected chi connectivity index (χ0v) is 23.4. The number of nitrogens with one attached hydrogen (secondary N) is 1. The van der Waals surface area contributed by atoms with E-state index >= 15 is 4.39 Å². The maximum absolute atomic E-state index is 15.8. The predicted molar refractivity (Wildman–Crippen MR) is 142 cm³/mol. The summed E-state index contributed by atoms with van der Waals surface area (Å²) in [5.41, 5.74) is 5.49. The van der Waals surface area contributed by atoms with Crippen LogP contribution in [0, 0.1) is 17.7 Å². The van der Waals surface area contributed by atoms with Gasteiger partial charge in [-0.3, -0.25) is 14.5 Å². The number of carbonyl (C=O) groups excluding carboxylic acids is 3. The van der Waals surface area contributed by atoms with Crippen LogP contribution in [0.1, 0.15) is 58.4 Å². The Hall–Kier alpha value is -3.39. The van der Waals surface area contributed by atoms with Crippen LogP contribution >= 0.6 is 0 Å². The third-order valence-corrected chi connectivity index (χ3v) is 8.89. The summed E-state index contributed by atoms with van der Waals surface area (Å²) in [6.07, 6.45) is 4.50. The molecular formula is C26H35FN4O8S. The molecule has 4 N–H and O–H groups in total. The van der Waals surface area contributed by atoms with Crippen LogP contribution in [0.2, 0.25) is 0 Å². The van der Waals surface area contributed by atoms with Crippen molar-refractivity contribution < 1.29 is 41.8 Å². The van der Waals surface area contributed by atoms with Crippen molar-refractivity contribution in [3.8, 4) is 5.75 Å². The topological polar surface area (TPSA) is 169 Å². The molecule has 0 bridgehead atoms. The van der Waals surface area contributed by atoms with Crippen LogP contribution < -0.4 is 14.8 Å². The van der Waals surface area contributed by atoms with E-state index in [4.69, 9.17) is 15.2 Å². The van der Waals surface area contributed by atoms with Crippen molar-refractivity contribution in [3.63, 3.8) is 0 Å². The minimum Gasteiger partial charge on any atom is -0.506 e. The Labute approximate surface area is 232 Å².